The van der Waals surface area contributed by atoms with E-state index in [9.17, 15) is 4.79 Å². The molecule has 0 unspecified atom stereocenters. The monoisotopic (exact) mass is 317 g/mol. The van der Waals surface area contributed by atoms with E-state index in [1.807, 2.05) is 12.1 Å². The van der Waals surface area contributed by atoms with Crippen LogP contribution in [0.4, 0.5) is 10.5 Å². The Morgan fingerprint density at radius 1 is 1.30 bits per heavy atom. The number of rotatable bonds is 5. The first-order valence-corrected chi connectivity index (χ1v) is 8.68. The Balaban J connectivity index is 1.43. The van der Waals surface area contributed by atoms with Crippen LogP contribution >= 0.6 is 0 Å². The molecule has 1 aromatic carbocycles. The molecular formula is C18H27N3O2. The van der Waals surface area contributed by atoms with Gasteiger partial charge < -0.3 is 20.3 Å². The van der Waals surface area contributed by atoms with Crippen molar-refractivity contribution in [1.29, 1.82) is 0 Å². The summed E-state index contributed by atoms with van der Waals surface area (Å²) < 4.78 is 5.29. The van der Waals surface area contributed by atoms with E-state index in [2.05, 4.69) is 27.7 Å². The Morgan fingerprint density at radius 2 is 2.13 bits per heavy atom. The molecule has 2 fully saturated rings. The molecule has 1 saturated heterocycles. The maximum absolute atomic E-state index is 11.9. The summed E-state index contributed by atoms with van der Waals surface area (Å²) >= 11 is 0. The lowest BCUT2D eigenvalue weighted by Crippen LogP contribution is -2.42. The summed E-state index contributed by atoms with van der Waals surface area (Å²) in [6, 6.07) is 8.55. The van der Waals surface area contributed by atoms with Gasteiger partial charge in [0.25, 0.3) is 0 Å². The number of carbonyl (C=O) groups excluding carboxylic acids is 1. The summed E-state index contributed by atoms with van der Waals surface area (Å²) in [7, 11) is 1.69. The third-order valence-electron chi connectivity index (χ3n) is 4.95. The van der Waals surface area contributed by atoms with Gasteiger partial charge in [0, 0.05) is 37.4 Å². The number of nitrogens with one attached hydrogen (secondary N) is 2. The minimum absolute atomic E-state index is 0.00303. The van der Waals surface area contributed by atoms with E-state index in [0.29, 0.717) is 12.0 Å². The van der Waals surface area contributed by atoms with Crippen LogP contribution in [0.5, 0.6) is 5.75 Å². The van der Waals surface area contributed by atoms with Crippen LogP contribution in [0.1, 0.15) is 32.1 Å². The average molecular weight is 317 g/mol. The van der Waals surface area contributed by atoms with Gasteiger partial charge in [-0.1, -0.05) is 18.9 Å². The van der Waals surface area contributed by atoms with E-state index in [4.69, 9.17) is 4.74 Å². The van der Waals surface area contributed by atoms with Crippen molar-refractivity contribution >= 4 is 11.7 Å². The third kappa shape index (κ3) is 4.30. The van der Waals surface area contributed by atoms with Crippen LogP contribution in [0, 0.1) is 5.92 Å². The van der Waals surface area contributed by atoms with Crippen molar-refractivity contribution in [3.8, 4) is 5.75 Å². The van der Waals surface area contributed by atoms with E-state index in [-0.39, 0.29) is 6.03 Å². The van der Waals surface area contributed by atoms with Crippen LogP contribution in [0.15, 0.2) is 24.3 Å². The van der Waals surface area contributed by atoms with Crippen molar-refractivity contribution in [2.45, 2.75) is 38.1 Å². The highest BCUT2D eigenvalue weighted by Crippen LogP contribution is 2.26. The number of urea groups is 1. The first-order chi connectivity index (χ1) is 11.2. The maximum atomic E-state index is 11.9. The van der Waals surface area contributed by atoms with Crippen molar-refractivity contribution in [3.63, 3.8) is 0 Å². The average Bonchev–Trinajstić information content (AvgIpc) is 3.24. The molecule has 0 spiro atoms. The molecule has 23 heavy (non-hydrogen) atoms. The molecule has 5 nitrogen and oxygen atoms in total. The zero-order valence-corrected chi connectivity index (χ0v) is 13.9. The fraction of sp³-hybridized carbons (Fsp3) is 0.611. The zero-order chi connectivity index (χ0) is 16.1. The molecule has 2 aliphatic rings. The number of anilines is 1. The standard InChI is InChI=1S/C18H27N3O2/c1-23-17-8-4-7-16(11-17)21-10-9-14(13-21)12-19-18(22)20-15-5-2-3-6-15/h4,7-8,11,14-15H,2-3,5-6,9-10,12-13H2,1H3,(H2,19,20,22)/t14-/m1/s1. The highest BCUT2D eigenvalue weighted by molar-refractivity contribution is 5.74. The van der Waals surface area contributed by atoms with E-state index in [0.717, 1.165) is 44.6 Å². The maximum Gasteiger partial charge on any atom is 0.315 e. The minimum Gasteiger partial charge on any atom is -0.497 e. The predicted molar refractivity (Wildman–Crippen MR) is 92.1 cm³/mol. The number of ether oxygens (including phenoxy) is 1. The SMILES string of the molecule is COc1cccc(N2CC[C@H](CNC(=O)NC3CCCC3)C2)c1. The second-order valence-corrected chi connectivity index (χ2v) is 6.64. The summed E-state index contributed by atoms with van der Waals surface area (Å²) in [5.74, 6) is 1.40. The van der Waals surface area contributed by atoms with Crippen molar-refractivity contribution in [3.05, 3.63) is 24.3 Å². The Kier molecular flexibility index (Phi) is 5.26. The molecule has 2 amide bonds. The molecule has 5 heteroatoms. The van der Waals surface area contributed by atoms with Crippen LogP contribution in [-0.2, 0) is 0 Å². The molecule has 3 rings (SSSR count). The molecule has 1 saturated carbocycles. The van der Waals surface area contributed by atoms with Gasteiger partial charge in [-0.15, -0.1) is 0 Å². The number of methoxy groups -OCH3 is 1. The normalized spacial score (nSPS) is 21.4. The quantitative estimate of drug-likeness (QED) is 0.878. The third-order valence-corrected chi connectivity index (χ3v) is 4.95. The van der Waals surface area contributed by atoms with E-state index >= 15 is 0 Å². The topological polar surface area (TPSA) is 53.6 Å². The first kappa shape index (κ1) is 16.0. The van der Waals surface area contributed by atoms with Gasteiger partial charge in [-0.2, -0.15) is 0 Å². The van der Waals surface area contributed by atoms with Crippen LogP contribution in [0.3, 0.4) is 0 Å². The summed E-state index contributed by atoms with van der Waals surface area (Å²) in [5, 5.41) is 6.13. The summed E-state index contributed by atoms with van der Waals surface area (Å²) in [6.07, 6.45) is 5.84. The second-order valence-electron chi connectivity index (χ2n) is 6.64. The summed E-state index contributed by atoms with van der Waals surface area (Å²) in [5.41, 5.74) is 1.20. The van der Waals surface area contributed by atoms with Gasteiger partial charge in [0.05, 0.1) is 7.11 Å². The van der Waals surface area contributed by atoms with Crippen LogP contribution in [0.2, 0.25) is 0 Å². The first-order valence-electron chi connectivity index (χ1n) is 8.68. The molecule has 1 aromatic rings. The molecule has 0 aromatic heterocycles. The smallest absolute Gasteiger partial charge is 0.315 e. The highest BCUT2D eigenvalue weighted by atomic mass is 16.5. The Labute approximate surface area is 138 Å². The molecule has 1 aliphatic carbocycles. The zero-order valence-electron chi connectivity index (χ0n) is 13.9. The van der Waals surface area contributed by atoms with E-state index in [1.165, 1.54) is 18.5 Å². The number of benzene rings is 1. The van der Waals surface area contributed by atoms with Gasteiger partial charge in [-0.3, -0.25) is 0 Å². The lowest BCUT2D eigenvalue weighted by Gasteiger charge is -2.20. The highest BCUT2D eigenvalue weighted by Gasteiger charge is 2.24. The second kappa shape index (κ2) is 7.57. The molecule has 0 radical (unpaired) electrons. The van der Waals surface area contributed by atoms with Crippen LogP contribution < -0.4 is 20.3 Å². The van der Waals surface area contributed by atoms with Crippen molar-refractivity contribution < 1.29 is 9.53 Å². The van der Waals surface area contributed by atoms with Gasteiger partial charge in [-0.25, -0.2) is 4.79 Å². The molecule has 0 bridgehead atoms. The molecule has 2 N–H and O–H groups in total. The molecule has 126 valence electrons. The van der Waals surface area contributed by atoms with Crippen molar-refractivity contribution in [2.24, 2.45) is 5.92 Å². The van der Waals surface area contributed by atoms with Gasteiger partial charge in [0.15, 0.2) is 0 Å². The van der Waals surface area contributed by atoms with E-state index < -0.39 is 0 Å². The lowest BCUT2D eigenvalue weighted by atomic mass is 10.1. The van der Waals surface area contributed by atoms with Gasteiger partial charge in [0.2, 0.25) is 0 Å². The molecule has 1 atom stereocenters. The fourth-order valence-electron chi connectivity index (χ4n) is 3.58. The molecular weight excluding hydrogens is 290 g/mol. The van der Waals surface area contributed by atoms with Crippen LogP contribution in [-0.4, -0.2) is 38.8 Å². The minimum atomic E-state index is -0.00303. The largest absolute Gasteiger partial charge is 0.497 e. The van der Waals surface area contributed by atoms with Crippen LogP contribution in [0.25, 0.3) is 0 Å². The Bertz CT molecular complexity index is 529. The van der Waals surface area contributed by atoms with Crippen molar-refractivity contribution in [2.75, 3.05) is 31.6 Å². The van der Waals surface area contributed by atoms with E-state index in [1.54, 1.807) is 7.11 Å². The molecule has 1 aliphatic heterocycles. The van der Waals surface area contributed by atoms with Gasteiger partial charge in [-0.05, 0) is 37.3 Å². The summed E-state index contributed by atoms with van der Waals surface area (Å²) in [6.45, 7) is 2.76. The Hall–Kier alpha value is -1.91. The van der Waals surface area contributed by atoms with Gasteiger partial charge in [0.1, 0.15) is 5.75 Å². The number of carbonyl (C=O) groups is 1. The predicted octanol–water partition coefficient (Wildman–Crippen LogP) is 2.76. The number of hydrogen-bond acceptors (Lipinski definition) is 3. The number of amides is 2. The van der Waals surface area contributed by atoms with Crippen molar-refractivity contribution in [1.82, 2.24) is 10.6 Å². The fourth-order valence-corrected chi connectivity index (χ4v) is 3.58. The van der Waals surface area contributed by atoms with Gasteiger partial charge >= 0.3 is 6.03 Å². The number of hydrogen-bond donors (Lipinski definition) is 2. The Morgan fingerprint density at radius 3 is 2.91 bits per heavy atom. The summed E-state index contributed by atoms with van der Waals surface area (Å²) in [4.78, 5) is 14.3. The lowest BCUT2D eigenvalue weighted by molar-refractivity contribution is 0.235. The number of nitrogens with zero attached hydrogens (tertiary/aromatic N) is 1. The molecule has 1 heterocycles.